The Balaban J connectivity index is 1.30. The molecule has 3 amide bonds. The lowest BCUT2D eigenvalue weighted by Gasteiger charge is -2.50. The van der Waals surface area contributed by atoms with Crippen molar-refractivity contribution in [3.63, 3.8) is 0 Å². The van der Waals surface area contributed by atoms with E-state index in [4.69, 9.17) is 0 Å². The summed E-state index contributed by atoms with van der Waals surface area (Å²) in [6, 6.07) is 3.98. The van der Waals surface area contributed by atoms with E-state index < -0.39 is 0 Å². The van der Waals surface area contributed by atoms with Crippen molar-refractivity contribution in [1.82, 2.24) is 20.5 Å². The minimum absolute atomic E-state index is 0.0940. The molecule has 0 radical (unpaired) electrons. The minimum atomic E-state index is -0.339. The van der Waals surface area contributed by atoms with E-state index >= 15 is 0 Å². The first kappa shape index (κ1) is 16.5. The molecule has 2 fully saturated rings. The molecule has 0 aromatic carbocycles. The molecule has 4 rings (SSSR count). The third kappa shape index (κ3) is 3.16. The zero-order valence-electron chi connectivity index (χ0n) is 14.0. The number of amides is 3. The van der Waals surface area contributed by atoms with Gasteiger partial charge in [-0.2, -0.15) is 0 Å². The van der Waals surface area contributed by atoms with Gasteiger partial charge in [-0.25, -0.2) is 9.78 Å². The number of urea groups is 1. The summed E-state index contributed by atoms with van der Waals surface area (Å²) in [4.78, 5) is 32.7. The zero-order chi connectivity index (χ0) is 17.4. The molecule has 2 aromatic rings. The number of thiazole rings is 1. The second kappa shape index (κ2) is 6.42. The van der Waals surface area contributed by atoms with Gasteiger partial charge < -0.3 is 15.5 Å². The summed E-state index contributed by atoms with van der Waals surface area (Å²) in [5, 5.41) is 8.97. The van der Waals surface area contributed by atoms with Crippen molar-refractivity contribution >= 4 is 34.6 Å². The third-order valence-electron chi connectivity index (χ3n) is 4.82. The molecule has 25 heavy (non-hydrogen) atoms. The first-order chi connectivity index (χ1) is 12.1. The molecule has 2 aliphatic heterocycles. The Morgan fingerprint density at radius 1 is 1.44 bits per heavy atom. The van der Waals surface area contributed by atoms with E-state index in [0.717, 1.165) is 39.8 Å². The number of piperidine rings is 1. The summed E-state index contributed by atoms with van der Waals surface area (Å²) >= 11 is 3.29. The number of aryl methyl sites for hydroxylation is 1. The highest BCUT2D eigenvalue weighted by Gasteiger charge is 2.51. The van der Waals surface area contributed by atoms with Gasteiger partial charge in [0.25, 0.3) is 0 Å². The van der Waals surface area contributed by atoms with Crippen molar-refractivity contribution in [2.45, 2.75) is 26.3 Å². The standard InChI is InChI=1S/C17H20N4O2S2/c1-11-20-13(8-24-11)14-4-3-12(25-14)7-19-16(23)21-9-17(10-21)5-2-6-18-15(17)22/h3-4,8H,2,5-7,9-10H2,1H3,(H,18,22)(H,19,23). The van der Waals surface area contributed by atoms with E-state index in [2.05, 4.69) is 21.0 Å². The molecule has 4 heterocycles. The number of likely N-dealkylation sites (tertiary alicyclic amines) is 1. The molecule has 2 aromatic heterocycles. The number of thiophene rings is 1. The molecule has 0 saturated carbocycles. The van der Waals surface area contributed by atoms with Crippen LogP contribution in [0.15, 0.2) is 17.5 Å². The van der Waals surface area contributed by atoms with Gasteiger partial charge in [-0.3, -0.25) is 4.79 Å². The lowest BCUT2D eigenvalue weighted by molar-refractivity contribution is -0.142. The summed E-state index contributed by atoms with van der Waals surface area (Å²) in [5.41, 5.74) is 0.659. The van der Waals surface area contributed by atoms with E-state index in [0.29, 0.717) is 19.6 Å². The van der Waals surface area contributed by atoms with Crippen LogP contribution in [-0.4, -0.2) is 41.5 Å². The van der Waals surface area contributed by atoms with E-state index in [1.807, 2.05) is 19.1 Å². The van der Waals surface area contributed by atoms with Gasteiger partial charge in [0.1, 0.15) is 0 Å². The number of hydrogen-bond acceptors (Lipinski definition) is 5. The number of rotatable bonds is 3. The molecule has 2 N–H and O–H groups in total. The van der Waals surface area contributed by atoms with Crippen molar-refractivity contribution in [3.05, 3.63) is 27.4 Å². The molecule has 0 bridgehead atoms. The summed E-state index contributed by atoms with van der Waals surface area (Å²) in [6.45, 7) is 4.31. The van der Waals surface area contributed by atoms with Crippen molar-refractivity contribution in [3.8, 4) is 10.6 Å². The molecule has 0 aliphatic carbocycles. The lowest BCUT2D eigenvalue weighted by Crippen LogP contribution is -2.67. The molecule has 6 nitrogen and oxygen atoms in total. The normalized spacial score (nSPS) is 18.8. The highest BCUT2D eigenvalue weighted by molar-refractivity contribution is 7.16. The molecule has 1 spiro atoms. The average molecular weight is 377 g/mol. The van der Waals surface area contributed by atoms with Crippen molar-refractivity contribution < 1.29 is 9.59 Å². The topological polar surface area (TPSA) is 74.3 Å². The molecule has 0 unspecified atom stereocenters. The maximum atomic E-state index is 12.3. The Kier molecular flexibility index (Phi) is 4.24. The number of nitrogens with one attached hydrogen (secondary N) is 2. The molecular weight excluding hydrogens is 356 g/mol. The van der Waals surface area contributed by atoms with Gasteiger partial charge in [-0.1, -0.05) is 0 Å². The summed E-state index contributed by atoms with van der Waals surface area (Å²) in [6.07, 6.45) is 1.87. The highest BCUT2D eigenvalue weighted by Crippen LogP contribution is 2.37. The Bertz CT molecular complexity index is 807. The fourth-order valence-electron chi connectivity index (χ4n) is 3.42. The smallest absolute Gasteiger partial charge is 0.317 e. The SMILES string of the molecule is Cc1nc(-c2ccc(CNC(=O)N3CC4(CCCNC4=O)C3)s2)cs1. The maximum Gasteiger partial charge on any atom is 0.317 e. The minimum Gasteiger partial charge on any atom is -0.356 e. The molecule has 0 atom stereocenters. The van der Waals surface area contributed by atoms with E-state index in [9.17, 15) is 9.59 Å². The van der Waals surface area contributed by atoms with Crippen LogP contribution in [-0.2, 0) is 11.3 Å². The van der Waals surface area contributed by atoms with Gasteiger partial charge in [0.05, 0.1) is 27.5 Å². The van der Waals surface area contributed by atoms with Gasteiger partial charge in [0, 0.05) is 29.9 Å². The Hall–Kier alpha value is -1.93. The Labute approximate surface area is 154 Å². The second-order valence-corrected chi connectivity index (χ2v) is 8.90. The van der Waals surface area contributed by atoms with Gasteiger partial charge in [0.2, 0.25) is 5.91 Å². The van der Waals surface area contributed by atoms with Crippen molar-refractivity contribution in [2.75, 3.05) is 19.6 Å². The maximum absolute atomic E-state index is 12.3. The quantitative estimate of drug-likeness (QED) is 0.865. The average Bonchev–Trinajstić information content (AvgIpc) is 3.20. The van der Waals surface area contributed by atoms with E-state index in [1.165, 1.54) is 0 Å². The van der Waals surface area contributed by atoms with Crippen LogP contribution in [0.1, 0.15) is 22.7 Å². The number of aromatic nitrogens is 1. The largest absolute Gasteiger partial charge is 0.356 e. The van der Waals surface area contributed by atoms with Crippen LogP contribution in [0.5, 0.6) is 0 Å². The predicted molar refractivity (Wildman–Crippen MR) is 98.6 cm³/mol. The van der Waals surface area contributed by atoms with Crippen LogP contribution in [0.25, 0.3) is 10.6 Å². The molecule has 2 aliphatic rings. The van der Waals surface area contributed by atoms with Crippen molar-refractivity contribution in [2.24, 2.45) is 5.41 Å². The number of nitrogens with zero attached hydrogens (tertiary/aromatic N) is 2. The third-order valence-corrected chi connectivity index (χ3v) is 6.70. The first-order valence-corrected chi connectivity index (χ1v) is 10.1. The summed E-state index contributed by atoms with van der Waals surface area (Å²) < 4.78 is 0. The lowest BCUT2D eigenvalue weighted by atomic mass is 9.73. The van der Waals surface area contributed by atoms with Crippen LogP contribution in [0.2, 0.25) is 0 Å². The highest BCUT2D eigenvalue weighted by atomic mass is 32.1. The summed E-state index contributed by atoms with van der Waals surface area (Å²) in [5.74, 6) is 0.101. The van der Waals surface area contributed by atoms with Gasteiger partial charge in [0.15, 0.2) is 0 Å². The summed E-state index contributed by atoms with van der Waals surface area (Å²) in [7, 11) is 0. The Morgan fingerprint density at radius 2 is 2.28 bits per heavy atom. The number of hydrogen-bond donors (Lipinski definition) is 2. The first-order valence-electron chi connectivity index (χ1n) is 8.38. The molecular formula is C17H20N4O2S2. The van der Waals surface area contributed by atoms with Gasteiger partial charge in [-0.15, -0.1) is 22.7 Å². The zero-order valence-corrected chi connectivity index (χ0v) is 15.6. The van der Waals surface area contributed by atoms with Crippen LogP contribution >= 0.6 is 22.7 Å². The molecule has 8 heteroatoms. The van der Waals surface area contributed by atoms with Crippen LogP contribution < -0.4 is 10.6 Å². The molecule has 2 saturated heterocycles. The van der Waals surface area contributed by atoms with Crippen LogP contribution in [0, 0.1) is 12.3 Å². The molecule has 132 valence electrons. The van der Waals surface area contributed by atoms with E-state index in [1.54, 1.807) is 27.6 Å². The fraction of sp³-hybridized carbons (Fsp3) is 0.471. The van der Waals surface area contributed by atoms with Crippen LogP contribution in [0.4, 0.5) is 4.79 Å². The Morgan fingerprint density at radius 3 is 3.00 bits per heavy atom. The van der Waals surface area contributed by atoms with Gasteiger partial charge >= 0.3 is 6.03 Å². The van der Waals surface area contributed by atoms with Crippen LogP contribution in [0.3, 0.4) is 0 Å². The second-order valence-electron chi connectivity index (χ2n) is 6.67. The van der Waals surface area contributed by atoms with Gasteiger partial charge in [-0.05, 0) is 31.9 Å². The number of carbonyl (C=O) groups is 2. The predicted octanol–water partition coefficient (Wildman–Crippen LogP) is 2.60. The van der Waals surface area contributed by atoms with E-state index in [-0.39, 0.29) is 17.4 Å². The van der Waals surface area contributed by atoms with Crippen molar-refractivity contribution in [1.29, 1.82) is 0 Å². The number of carbonyl (C=O) groups excluding carboxylic acids is 2. The fourth-order valence-corrected chi connectivity index (χ4v) is 5.02. The monoisotopic (exact) mass is 376 g/mol.